The van der Waals surface area contributed by atoms with Crippen LogP contribution in [0, 0.1) is 0 Å². The summed E-state index contributed by atoms with van der Waals surface area (Å²) in [5, 5.41) is 0. The number of quaternary nitrogens is 6. The minimum Gasteiger partial charge on any atom is -1.00 e. The zero-order valence-electron chi connectivity index (χ0n) is 62.0. The summed E-state index contributed by atoms with van der Waals surface area (Å²) in [6, 6.07) is 62.3. The lowest BCUT2D eigenvalue weighted by Crippen LogP contribution is -3.00. The van der Waals surface area contributed by atoms with Crippen molar-refractivity contribution in [1.29, 1.82) is 0 Å². The van der Waals surface area contributed by atoms with Gasteiger partial charge >= 0.3 is 0 Å². The van der Waals surface area contributed by atoms with Gasteiger partial charge in [-0.15, -0.1) is 0 Å². The molecule has 1 aliphatic heterocycles. The molecule has 7 aromatic rings. The third kappa shape index (κ3) is 39.7. The number of hydrogen-bond donors (Lipinski definition) is 0. The molecule has 0 N–H and O–H groups in total. The predicted octanol–water partition coefficient (Wildman–Crippen LogP) is 1.37. The average Bonchev–Trinajstić information content (AvgIpc) is 0.908. The topological polar surface area (TPSA) is 0 Å². The first-order chi connectivity index (χ1) is 43.0. The van der Waals surface area contributed by atoms with Gasteiger partial charge in [-0.2, -0.15) is 0 Å². The van der Waals surface area contributed by atoms with Gasteiger partial charge < -0.3 is 101 Å². The quantitative estimate of drug-likeness (QED) is 0.0852. The van der Waals surface area contributed by atoms with Crippen molar-refractivity contribution < 1.29 is 106 Å². The monoisotopic (exact) mass is 1480 g/mol. The molecule has 0 bridgehead atoms. The molecule has 0 aliphatic carbocycles. The maximum atomic E-state index is 4.10. The molecule has 12 heteroatoms. The van der Waals surface area contributed by atoms with Crippen LogP contribution in [-0.4, -0.2) is 144 Å². The summed E-state index contributed by atoms with van der Waals surface area (Å²) in [6.07, 6.45) is 15.5. The third-order valence-electron chi connectivity index (χ3n) is 16.7. The number of nitrogens with zero attached hydrogens (tertiary/aromatic N) is 6. The number of benzene rings is 7. The first kappa shape index (κ1) is 97.8. The van der Waals surface area contributed by atoms with Crippen LogP contribution in [0.25, 0.3) is 42.2 Å². The molecular formula is C85H122BrCl5N6. The van der Waals surface area contributed by atoms with Crippen molar-refractivity contribution in [2.24, 2.45) is 0 Å². The fraction of sp³-hybridized carbons (Fsp3) is 0.341. The van der Waals surface area contributed by atoms with Gasteiger partial charge in [0.2, 0.25) is 0 Å². The molecule has 534 valence electrons. The van der Waals surface area contributed by atoms with Crippen LogP contribution in [0.4, 0.5) is 0 Å². The van der Waals surface area contributed by atoms with Gasteiger partial charge in [-0.05, 0) is 92.1 Å². The Balaban J connectivity index is -0.000000531. The van der Waals surface area contributed by atoms with E-state index in [9.17, 15) is 0 Å². The van der Waals surface area contributed by atoms with Gasteiger partial charge in [-0.3, -0.25) is 4.48 Å². The van der Waals surface area contributed by atoms with Gasteiger partial charge in [0.05, 0.1) is 117 Å². The predicted molar refractivity (Wildman–Crippen MR) is 405 cm³/mol. The summed E-state index contributed by atoms with van der Waals surface area (Å²) < 4.78 is 6.03. The van der Waals surface area contributed by atoms with Gasteiger partial charge in [0.1, 0.15) is 45.0 Å². The van der Waals surface area contributed by atoms with E-state index in [4.69, 9.17) is 0 Å². The lowest BCUT2D eigenvalue weighted by Gasteiger charge is -2.37. The smallest absolute Gasteiger partial charge is 0.132 e. The summed E-state index contributed by atoms with van der Waals surface area (Å²) in [7, 11) is 26.5. The molecular weight excluding hydrogens is 1360 g/mol. The van der Waals surface area contributed by atoms with Crippen LogP contribution in [0.1, 0.15) is 112 Å². The van der Waals surface area contributed by atoms with Crippen LogP contribution >= 0.6 is 0 Å². The number of rotatable bonds is 23. The zero-order chi connectivity index (χ0) is 67.7. The number of halogens is 6. The lowest BCUT2D eigenvalue weighted by molar-refractivity contribution is -0.936. The molecule has 0 radical (unpaired) electrons. The largest absolute Gasteiger partial charge is 1.00 e. The van der Waals surface area contributed by atoms with Gasteiger partial charge in [0, 0.05) is 38.9 Å². The van der Waals surface area contributed by atoms with E-state index < -0.39 is 0 Å². The minimum absolute atomic E-state index is 0. The summed E-state index contributed by atoms with van der Waals surface area (Å²) >= 11 is 0. The van der Waals surface area contributed by atoms with Gasteiger partial charge in [0.15, 0.2) is 0 Å². The molecule has 0 amide bonds. The number of likely N-dealkylation sites (tertiary alicyclic amines) is 1. The maximum Gasteiger partial charge on any atom is 0.132 e. The normalized spacial score (nSPS) is 11.9. The van der Waals surface area contributed by atoms with Crippen LogP contribution in [0.2, 0.25) is 0 Å². The Bertz CT molecular complexity index is 3190. The van der Waals surface area contributed by atoms with Crippen molar-refractivity contribution in [2.75, 3.05) is 117 Å². The molecule has 1 fully saturated rings. The van der Waals surface area contributed by atoms with Crippen molar-refractivity contribution in [2.45, 2.75) is 79.3 Å². The van der Waals surface area contributed by atoms with Gasteiger partial charge in [0.25, 0.3) is 0 Å². The van der Waals surface area contributed by atoms with Crippen LogP contribution in [-0.2, 0) is 39.3 Å². The highest BCUT2D eigenvalue weighted by atomic mass is 79.9. The molecule has 1 heterocycles. The van der Waals surface area contributed by atoms with Crippen molar-refractivity contribution in [3.8, 4) is 0 Å². The Labute approximate surface area is 634 Å². The molecule has 6 nitrogen and oxygen atoms in total. The number of piperidine rings is 1. The first-order valence-electron chi connectivity index (χ1n) is 32.9. The maximum absolute atomic E-state index is 4.10. The van der Waals surface area contributed by atoms with E-state index in [1.165, 1.54) is 134 Å². The standard InChI is InChI=1S/C18H22N.C15H22N.C15H24N.C13H18N.2C12H18N.BrH.5ClH/c1-4-16-10-12-18(13-11-16)15-19(2,3)14-17-8-6-5-7-9-17;1-3-14-7-9-15(10-8-14)13-16(2)11-5-4-6-12-16;1-5-14-9-11-15(12-10-14)13-16(6-2,7-3)8-4;1-6-12-7-9-13(10-8-12)11(2)14(3,4)5;2*1-5-11-6-8-12(9-7-11)10-13(2,3)4;;;;;;/h4-13H,1,14-15H2,2-3H3;3,7-10H,1,4-6,11-13H2,2H3;5,9-12H,1,6-8,13H2,2-4H3;6-10H,1-2H2,3-5H3;2*5-9H,1,10H2,2-4H3;6*1H/q6*+1;;;;;;/p-6. The molecule has 7 aromatic carbocycles. The van der Waals surface area contributed by atoms with E-state index in [1.807, 2.05) is 36.5 Å². The molecule has 1 aliphatic rings. The Kier molecular flexibility index (Phi) is 49.4. The Morgan fingerprint density at radius 2 is 0.608 bits per heavy atom. The van der Waals surface area contributed by atoms with E-state index in [0.29, 0.717) is 0 Å². The summed E-state index contributed by atoms with van der Waals surface area (Å²) in [6.45, 7) is 46.3. The van der Waals surface area contributed by atoms with Crippen molar-refractivity contribution in [3.63, 3.8) is 0 Å². The third-order valence-corrected chi connectivity index (χ3v) is 16.7. The van der Waals surface area contributed by atoms with E-state index in [2.05, 4.69) is 327 Å². The van der Waals surface area contributed by atoms with Crippen molar-refractivity contribution >= 4 is 42.2 Å². The van der Waals surface area contributed by atoms with Crippen molar-refractivity contribution in [3.05, 3.63) is 294 Å². The number of hydrogen-bond acceptors (Lipinski definition) is 0. The minimum atomic E-state index is 0. The molecule has 1 saturated heterocycles. The summed E-state index contributed by atoms with van der Waals surface area (Å²) in [5.74, 6) is 0. The average molecular weight is 1490 g/mol. The Morgan fingerprint density at radius 3 is 0.876 bits per heavy atom. The molecule has 0 spiro atoms. The Hall–Kier alpha value is -5.59. The SMILES string of the molecule is C=Cc1ccc(C(=C)[N+](C)(C)C)cc1.C=Cc1ccc(C[N+](C)(C)C)cc1.C=Cc1ccc(C[N+](C)(C)C)cc1.C=Cc1ccc(C[N+](C)(C)Cc2ccccc2)cc1.C=Cc1ccc(C[N+](CC)(CC)CC)cc1.C=Cc1ccc(C[N+]2(C)CCCCC2)cc1.[Br-].[Cl-].[Cl-].[Cl-].[Cl-].[Cl-]. The molecule has 97 heavy (non-hydrogen) atoms. The fourth-order valence-electron chi connectivity index (χ4n) is 11.0. The van der Waals surface area contributed by atoms with E-state index in [-0.39, 0.29) is 79.0 Å². The molecule has 0 saturated carbocycles. The molecule has 0 unspecified atom stereocenters. The highest BCUT2D eigenvalue weighted by Crippen LogP contribution is 2.23. The van der Waals surface area contributed by atoms with E-state index >= 15 is 0 Å². The molecule has 8 rings (SSSR count). The lowest BCUT2D eigenvalue weighted by atomic mass is 10.1. The first-order valence-corrected chi connectivity index (χ1v) is 32.9. The second kappa shape index (κ2) is 49.0. The van der Waals surface area contributed by atoms with E-state index in [0.717, 1.165) is 61.9 Å². The van der Waals surface area contributed by atoms with E-state index in [1.54, 1.807) is 0 Å². The summed E-state index contributed by atoms with van der Waals surface area (Å²) in [5.41, 5.74) is 17.8. The van der Waals surface area contributed by atoms with Crippen molar-refractivity contribution in [1.82, 2.24) is 0 Å². The highest BCUT2D eigenvalue weighted by Gasteiger charge is 2.25. The summed E-state index contributed by atoms with van der Waals surface area (Å²) in [4.78, 5) is 0. The second-order valence-corrected chi connectivity index (χ2v) is 28.4. The van der Waals surface area contributed by atoms with Gasteiger partial charge in [-0.1, -0.05) is 240 Å². The van der Waals surface area contributed by atoms with Crippen LogP contribution in [0.15, 0.2) is 222 Å². The Morgan fingerprint density at radius 1 is 0.351 bits per heavy atom. The second-order valence-electron chi connectivity index (χ2n) is 28.4. The molecule has 0 aromatic heterocycles. The van der Waals surface area contributed by atoms with Crippen LogP contribution in [0.5, 0.6) is 0 Å². The fourth-order valence-corrected chi connectivity index (χ4v) is 11.0. The van der Waals surface area contributed by atoms with Gasteiger partial charge in [-0.25, -0.2) is 0 Å². The zero-order valence-corrected chi connectivity index (χ0v) is 67.4. The molecule has 0 atom stereocenters. The highest BCUT2D eigenvalue weighted by molar-refractivity contribution is 5.60. The van der Waals surface area contributed by atoms with Crippen LogP contribution in [0.3, 0.4) is 0 Å². The van der Waals surface area contributed by atoms with Crippen LogP contribution < -0.4 is 79.0 Å².